The van der Waals surface area contributed by atoms with Crippen molar-refractivity contribution in [3.05, 3.63) is 84.0 Å². The molecular formula is C31H40N2O4. The van der Waals surface area contributed by atoms with Gasteiger partial charge in [-0.3, -0.25) is 9.59 Å². The minimum absolute atomic E-state index is 0.0502. The molecule has 2 aromatic rings. The van der Waals surface area contributed by atoms with E-state index in [9.17, 15) is 19.8 Å². The maximum atomic E-state index is 13.5. The summed E-state index contributed by atoms with van der Waals surface area (Å²) in [5, 5.41) is 24.7. The highest BCUT2D eigenvalue weighted by atomic mass is 16.3. The largest absolute Gasteiger partial charge is 0.395 e. The fourth-order valence-corrected chi connectivity index (χ4v) is 5.41. The third kappa shape index (κ3) is 5.39. The number of carbonyl (C=O) groups is 2. The third-order valence-electron chi connectivity index (χ3n) is 7.36. The van der Waals surface area contributed by atoms with Crippen LogP contribution in [0.5, 0.6) is 0 Å². The number of allylic oxidation sites excluding steroid dienone is 2. The average molecular weight is 505 g/mol. The van der Waals surface area contributed by atoms with Gasteiger partial charge in [-0.2, -0.15) is 0 Å². The van der Waals surface area contributed by atoms with Gasteiger partial charge in [-0.25, -0.2) is 0 Å². The molecule has 2 aromatic carbocycles. The van der Waals surface area contributed by atoms with Crippen LogP contribution in [0.25, 0.3) is 11.1 Å². The van der Waals surface area contributed by atoms with Crippen LogP contribution in [0.4, 0.5) is 0 Å². The van der Waals surface area contributed by atoms with Gasteiger partial charge < -0.3 is 20.8 Å². The fourth-order valence-electron chi connectivity index (χ4n) is 5.41. The average Bonchev–Trinajstić information content (AvgIpc) is 3.14. The van der Waals surface area contributed by atoms with Gasteiger partial charge in [-0.1, -0.05) is 36.4 Å². The summed E-state index contributed by atoms with van der Waals surface area (Å²) in [6, 6.07) is 11.6. The van der Waals surface area contributed by atoms with Crippen molar-refractivity contribution in [2.45, 2.75) is 57.0 Å². The van der Waals surface area contributed by atoms with E-state index in [0.717, 1.165) is 22.3 Å². The van der Waals surface area contributed by atoms with Crippen molar-refractivity contribution in [2.75, 3.05) is 26.3 Å². The number of Topliss-reactive ketones (excluding diaryl/α,β-unsaturated/α-hetero) is 2. The van der Waals surface area contributed by atoms with E-state index in [4.69, 9.17) is 0 Å². The lowest BCUT2D eigenvalue weighted by Gasteiger charge is -2.31. The molecule has 0 spiro atoms. The molecule has 6 heteroatoms. The predicted molar refractivity (Wildman–Crippen MR) is 149 cm³/mol. The van der Waals surface area contributed by atoms with Crippen molar-refractivity contribution in [1.29, 1.82) is 0 Å². The number of rotatable bonds is 14. The summed E-state index contributed by atoms with van der Waals surface area (Å²) in [7, 11) is 0. The quantitative estimate of drug-likeness (QED) is 0.227. The van der Waals surface area contributed by atoms with Crippen LogP contribution in [-0.4, -0.2) is 59.2 Å². The van der Waals surface area contributed by atoms with E-state index in [-0.39, 0.29) is 24.8 Å². The first-order valence-electron chi connectivity index (χ1n) is 12.8. The Balaban J connectivity index is 2.15. The van der Waals surface area contributed by atoms with Crippen LogP contribution < -0.4 is 10.6 Å². The molecule has 1 aliphatic rings. The standard InChI is InChI=1S/C31H40N2O4/c1-7-13-31(14-8-2)25-19-21(27(36)29(3,4)32-15-17-34)9-11-23(25)24-12-10-22(20-26(24)31)28(37)30(5,6)33-16-18-35/h7-12,19-20,32-35H,1-2,13-18H2,3-6H3. The first kappa shape index (κ1) is 28.7. The van der Waals surface area contributed by atoms with Crippen molar-refractivity contribution in [3.8, 4) is 11.1 Å². The number of ketones is 2. The lowest BCUT2D eigenvalue weighted by atomic mass is 9.71. The van der Waals surface area contributed by atoms with E-state index in [1.165, 1.54) is 0 Å². The molecule has 3 rings (SSSR count). The van der Waals surface area contributed by atoms with Gasteiger partial charge >= 0.3 is 0 Å². The van der Waals surface area contributed by atoms with Crippen molar-refractivity contribution >= 4 is 11.6 Å². The molecule has 4 N–H and O–H groups in total. The molecule has 0 heterocycles. The zero-order valence-corrected chi connectivity index (χ0v) is 22.5. The number of carbonyl (C=O) groups excluding carboxylic acids is 2. The van der Waals surface area contributed by atoms with E-state index < -0.39 is 16.5 Å². The Morgan fingerprint density at radius 3 is 1.49 bits per heavy atom. The summed E-state index contributed by atoms with van der Waals surface area (Å²) in [6.45, 7) is 15.9. The molecule has 1 aliphatic carbocycles. The molecule has 0 aromatic heterocycles. The second-order valence-corrected chi connectivity index (χ2v) is 10.8. The van der Waals surface area contributed by atoms with Gasteiger partial charge in [0.1, 0.15) is 0 Å². The smallest absolute Gasteiger partial charge is 0.182 e. The molecule has 0 amide bonds. The topological polar surface area (TPSA) is 98.7 Å². The van der Waals surface area contributed by atoms with Crippen LogP contribution in [0.2, 0.25) is 0 Å². The second kappa shape index (κ2) is 11.2. The summed E-state index contributed by atoms with van der Waals surface area (Å²) >= 11 is 0. The van der Waals surface area contributed by atoms with Gasteiger partial charge in [-0.15, -0.1) is 13.2 Å². The number of aliphatic hydroxyl groups excluding tert-OH is 2. The molecule has 0 radical (unpaired) electrons. The molecule has 0 atom stereocenters. The van der Waals surface area contributed by atoms with E-state index in [2.05, 4.69) is 23.8 Å². The van der Waals surface area contributed by atoms with Crippen LogP contribution in [0.1, 0.15) is 72.4 Å². The van der Waals surface area contributed by atoms with Crippen LogP contribution in [-0.2, 0) is 5.41 Å². The van der Waals surface area contributed by atoms with Gasteiger partial charge in [0.05, 0.1) is 24.3 Å². The molecule has 0 unspecified atom stereocenters. The van der Waals surface area contributed by atoms with Crippen LogP contribution in [0, 0.1) is 0 Å². The van der Waals surface area contributed by atoms with Crippen molar-refractivity contribution < 1.29 is 19.8 Å². The number of β-amino-alcohol motifs (C(OH)–C–C–N with tert-alkyl or cyclic N) is 2. The molecule has 0 saturated heterocycles. The van der Waals surface area contributed by atoms with Gasteiger partial charge in [0, 0.05) is 29.6 Å². The highest BCUT2D eigenvalue weighted by Gasteiger charge is 2.43. The summed E-state index contributed by atoms with van der Waals surface area (Å²) in [6.07, 6.45) is 4.99. The van der Waals surface area contributed by atoms with Gasteiger partial charge in [0.25, 0.3) is 0 Å². The highest BCUT2D eigenvalue weighted by Crippen LogP contribution is 2.53. The highest BCUT2D eigenvalue weighted by molar-refractivity contribution is 6.05. The zero-order valence-electron chi connectivity index (χ0n) is 22.5. The van der Waals surface area contributed by atoms with Gasteiger partial charge in [0.15, 0.2) is 11.6 Å². The summed E-state index contributed by atoms with van der Waals surface area (Å²) in [4.78, 5) is 26.9. The Morgan fingerprint density at radius 2 is 1.16 bits per heavy atom. The van der Waals surface area contributed by atoms with E-state index in [1.807, 2.05) is 76.2 Å². The summed E-state index contributed by atoms with van der Waals surface area (Å²) in [5.74, 6) is -0.114. The van der Waals surface area contributed by atoms with Crippen molar-refractivity contribution in [2.24, 2.45) is 0 Å². The number of aliphatic hydroxyl groups is 2. The molecule has 198 valence electrons. The minimum Gasteiger partial charge on any atom is -0.395 e. The zero-order chi connectivity index (χ0) is 27.4. The van der Waals surface area contributed by atoms with Crippen LogP contribution in [0.3, 0.4) is 0 Å². The number of benzene rings is 2. The molecule has 0 aliphatic heterocycles. The molecule has 0 saturated carbocycles. The van der Waals surface area contributed by atoms with Gasteiger partial charge in [-0.05, 0) is 74.9 Å². The predicted octanol–water partition coefficient (Wildman–Crippen LogP) is 4.19. The second-order valence-electron chi connectivity index (χ2n) is 10.8. The lowest BCUT2D eigenvalue weighted by molar-refractivity contribution is 0.0871. The Labute approximate surface area is 220 Å². The maximum absolute atomic E-state index is 13.5. The Bertz CT molecular complexity index is 1100. The normalized spacial score (nSPS) is 14.1. The van der Waals surface area contributed by atoms with Crippen LogP contribution in [0.15, 0.2) is 61.7 Å². The van der Waals surface area contributed by atoms with Crippen LogP contribution >= 0.6 is 0 Å². The molecular weight excluding hydrogens is 464 g/mol. The van der Waals surface area contributed by atoms with E-state index >= 15 is 0 Å². The van der Waals surface area contributed by atoms with Crippen molar-refractivity contribution in [1.82, 2.24) is 10.6 Å². The molecule has 6 nitrogen and oxygen atoms in total. The number of hydrogen-bond donors (Lipinski definition) is 4. The lowest BCUT2D eigenvalue weighted by Crippen LogP contribution is -2.48. The summed E-state index contributed by atoms with van der Waals surface area (Å²) < 4.78 is 0. The SMILES string of the molecule is C=CCC1(CC=C)c2cc(C(=O)C(C)(C)NCCO)ccc2-c2ccc(C(=O)C(C)(C)NCCO)cc21. The Hall–Kier alpha value is -2.90. The fraction of sp³-hybridized carbons (Fsp3) is 0.419. The monoisotopic (exact) mass is 504 g/mol. The molecule has 0 bridgehead atoms. The Morgan fingerprint density at radius 1 is 0.784 bits per heavy atom. The van der Waals surface area contributed by atoms with E-state index in [1.54, 1.807) is 0 Å². The number of nitrogens with one attached hydrogen (secondary N) is 2. The molecule has 37 heavy (non-hydrogen) atoms. The first-order chi connectivity index (χ1) is 17.5. The maximum Gasteiger partial charge on any atom is 0.182 e. The Kier molecular flexibility index (Phi) is 8.70. The van der Waals surface area contributed by atoms with Crippen molar-refractivity contribution in [3.63, 3.8) is 0 Å². The van der Waals surface area contributed by atoms with E-state index in [0.29, 0.717) is 37.1 Å². The summed E-state index contributed by atoms with van der Waals surface area (Å²) in [5.41, 5.74) is 3.10. The third-order valence-corrected chi connectivity index (χ3v) is 7.36. The molecule has 0 fully saturated rings. The minimum atomic E-state index is -0.839. The number of hydrogen-bond acceptors (Lipinski definition) is 6. The number of fused-ring (bicyclic) bond motifs is 3. The first-order valence-corrected chi connectivity index (χ1v) is 12.8. The van der Waals surface area contributed by atoms with Gasteiger partial charge in [0.2, 0.25) is 0 Å².